The summed E-state index contributed by atoms with van der Waals surface area (Å²) in [5.41, 5.74) is 11.9. The number of aromatic nitrogens is 1. The van der Waals surface area contributed by atoms with Gasteiger partial charge < -0.3 is 25.9 Å². The summed E-state index contributed by atoms with van der Waals surface area (Å²) in [6.45, 7) is 1.77. The van der Waals surface area contributed by atoms with Crippen LogP contribution in [-0.4, -0.2) is 29.2 Å². The van der Waals surface area contributed by atoms with Crippen molar-refractivity contribution >= 4 is 40.6 Å². The number of ether oxygens (including phenoxy) is 1. The van der Waals surface area contributed by atoms with Crippen LogP contribution in [0, 0.1) is 12.7 Å². The van der Waals surface area contributed by atoms with Gasteiger partial charge in [-0.2, -0.15) is 4.37 Å². The highest BCUT2D eigenvalue weighted by Crippen LogP contribution is 2.34. The molecule has 2 aromatic heterocycles. The third-order valence-corrected chi connectivity index (χ3v) is 6.49. The van der Waals surface area contributed by atoms with Gasteiger partial charge in [-0.25, -0.2) is 4.39 Å². The Morgan fingerprint density at radius 1 is 1.11 bits per heavy atom. The number of hydrogen-bond donors (Lipinski definition) is 3. The van der Waals surface area contributed by atoms with E-state index in [1.165, 1.54) is 36.3 Å². The van der Waals surface area contributed by atoms with Crippen molar-refractivity contribution in [2.75, 3.05) is 17.7 Å². The molecule has 38 heavy (non-hydrogen) atoms. The number of aryl methyl sites for hydroxylation is 1. The highest BCUT2D eigenvalue weighted by Gasteiger charge is 2.37. The summed E-state index contributed by atoms with van der Waals surface area (Å²) in [6.07, 6.45) is 0. The molecule has 0 bridgehead atoms. The number of carbonyl (C=O) groups is 3. The van der Waals surface area contributed by atoms with Crippen LogP contribution in [0.3, 0.4) is 0 Å². The molecule has 4 aromatic rings. The lowest BCUT2D eigenvalue weighted by atomic mass is 10.1. The first-order valence-electron chi connectivity index (χ1n) is 11.3. The van der Waals surface area contributed by atoms with E-state index >= 15 is 0 Å². The van der Waals surface area contributed by atoms with Crippen LogP contribution in [0.15, 0.2) is 65.1 Å². The maximum absolute atomic E-state index is 14.0. The molecule has 12 heteroatoms. The fourth-order valence-electron chi connectivity index (χ4n) is 3.73. The maximum Gasteiger partial charge on any atom is 0.273 e. The molecule has 3 amide bonds. The van der Waals surface area contributed by atoms with Crippen molar-refractivity contribution in [2.24, 2.45) is 5.73 Å². The third kappa shape index (κ3) is 5.49. The Hall–Kier alpha value is -4.71. The molecule has 0 unspecified atom stereocenters. The fourth-order valence-corrected chi connectivity index (χ4v) is 4.47. The second-order valence-corrected chi connectivity index (χ2v) is 8.98. The number of amides is 3. The van der Waals surface area contributed by atoms with E-state index in [-0.39, 0.29) is 28.6 Å². The number of nitrogens with zero attached hydrogens (tertiary/aromatic N) is 2. The number of nitrogens with two attached hydrogens (primary N) is 2. The number of hydrogen-bond acceptors (Lipinski definition) is 8. The molecule has 5 N–H and O–H groups in total. The Kier molecular flexibility index (Phi) is 7.72. The smallest absolute Gasteiger partial charge is 0.273 e. The Morgan fingerprint density at radius 2 is 1.79 bits per heavy atom. The highest BCUT2D eigenvalue weighted by molar-refractivity contribution is 7.09. The Morgan fingerprint density at radius 3 is 2.34 bits per heavy atom. The summed E-state index contributed by atoms with van der Waals surface area (Å²) >= 11 is 0.695. The van der Waals surface area contributed by atoms with Crippen molar-refractivity contribution in [2.45, 2.75) is 19.5 Å². The number of primary amides is 1. The van der Waals surface area contributed by atoms with Gasteiger partial charge in [0.15, 0.2) is 11.7 Å². The van der Waals surface area contributed by atoms with E-state index in [9.17, 15) is 18.8 Å². The molecule has 10 nitrogen and oxygen atoms in total. The molecule has 0 fully saturated rings. The quantitative estimate of drug-likeness (QED) is 0.295. The van der Waals surface area contributed by atoms with Crippen LogP contribution < -0.4 is 26.4 Å². The Bertz CT molecular complexity index is 1470. The summed E-state index contributed by atoms with van der Waals surface area (Å²) in [5, 5.41) is 2.79. The van der Waals surface area contributed by atoms with Crippen molar-refractivity contribution in [3.05, 3.63) is 94.1 Å². The average molecular weight is 538 g/mol. The van der Waals surface area contributed by atoms with Gasteiger partial charge >= 0.3 is 0 Å². The third-order valence-electron chi connectivity index (χ3n) is 5.64. The van der Waals surface area contributed by atoms with Crippen LogP contribution in [0.2, 0.25) is 0 Å². The van der Waals surface area contributed by atoms with Crippen molar-refractivity contribution in [3.8, 4) is 5.75 Å². The van der Waals surface area contributed by atoms with E-state index in [0.717, 1.165) is 0 Å². The number of methoxy groups -OCH3 is 1. The zero-order chi connectivity index (χ0) is 27.4. The zero-order valence-corrected chi connectivity index (χ0v) is 21.3. The van der Waals surface area contributed by atoms with Crippen molar-refractivity contribution < 1.29 is 27.9 Å². The van der Waals surface area contributed by atoms with Crippen LogP contribution >= 0.6 is 11.5 Å². The maximum atomic E-state index is 14.0. The highest BCUT2D eigenvalue weighted by atomic mass is 32.1. The van der Waals surface area contributed by atoms with Gasteiger partial charge in [-0.3, -0.25) is 19.3 Å². The normalized spacial score (nSPS) is 11.6. The van der Waals surface area contributed by atoms with E-state index in [1.807, 2.05) is 0 Å². The largest absolute Gasteiger partial charge is 0.497 e. The van der Waals surface area contributed by atoms with Gasteiger partial charge in [0.1, 0.15) is 28.0 Å². The molecular formula is C26H24FN5O5S. The van der Waals surface area contributed by atoms with Crippen LogP contribution in [0.25, 0.3) is 0 Å². The summed E-state index contributed by atoms with van der Waals surface area (Å²) in [7, 11) is 1.50. The summed E-state index contributed by atoms with van der Waals surface area (Å²) in [4.78, 5) is 40.5. The van der Waals surface area contributed by atoms with Gasteiger partial charge in [0, 0.05) is 12.2 Å². The molecule has 1 atom stereocenters. The van der Waals surface area contributed by atoms with Gasteiger partial charge in [0.2, 0.25) is 0 Å². The van der Waals surface area contributed by atoms with Gasteiger partial charge in [0.25, 0.3) is 17.7 Å². The van der Waals surface area contributed by atoms with Crippen LogP contribution in [0.5, 0.6) is 5.75 Å². The minimum absolute atomic E-state index is 0.0640. The Labute approximate surface area is 221 Å². The standard InChI is InChI=1S/C26H24FN5O5S/c1-14-3-12-19(37-14)22(25(34)30-13-15-4-6-16(27)7-5-15)32(17-8-10-18(36-2)11-9-17)26(35)23-20(28)21(24(29)33)31-38-23/h3-12,22H,13,28H2,1-2H3,(H2,29,33)(H,30,34)/t22-/m0/s1. The van der Waals surface area contributed by atoms with Crippen molar-refractivity contribution in [1.29, 1.82) is 0 Å². The Balaban J connectivity index is 1.79. The SMILES string of the molecule is COc1ccc(N(C(=O)c2snc(C(N)=O)c2N)[C@H](C(=O)NCc2ccc(F)cc2)c2ccc(C)o2)cc1. The molecule has 0 radical (unpaired) electrons. The van der Waals surface area contributed by atoms with Crippen molar-refractivity contribution in [1.82, 2.24) is 9.69 Å². The molecule has 0 saturated heterocycles. The lowest BCUT2D eigenvalue weighted by molar-refractivity contribution is -0.123. The second kappa shape index (κ2) is 11.1. The number of nitrogens with one attached hydrogen (secondary N) is 1. The monoisotopic (exact) mass is 537 g/mol. The van der Waals surface area contributed by atoms with E-state index in [0.29, 0.717) is 34.3 Å². The summed E-state index contributed by atoms with van der Waals surface area (Å²) in [5.74, 6) is -1.34. The number of halogens is 1. The minimum atomic E-state index is -1.29. The van der Waals surface area contributed by atoms with E-state index in [4.69, 9.17) is 20.6 Å². The lowest BCUT2D eigenvalue weighted by Gasteiger charge is -2.29. The molecule has 0 spiro atoms. The average Bonchev–Trinajstić information content (AvgIpc) is 3.51. The molecule has 2 heterocycles. The molecule has 0 aliphatic carbocycles. The molecule has 2 aromatic carbocycles. The van der Waals surface area contributed by atoms with E-state index in [2.05, 4.69) is 9.69 Å². The van der Waals surface area contributed by atoms with Crippen molar-refractivity contribution in [3.63, 3.8) is 0 Å². The number of rotatable bonds is 9. The minimum Gasteiger partial charge on any atom is -0.497 e. The predicted molar refractivity (Wildman–Crippen MR) is 139 cm³/mol. The summed E-state index contributed by atoms with van der Waals surface area (Å²) < 4.78 is 28.3. The molecule has 196 valence electrons. The van der Waals surface area contributed by atoms with E-state index < -0.39 is 29.6 Å². The van der Waals surface area contributed by atoms with Crippen LogP contribution in [-0.2, 0) is 11.3 Å². The van der Waals surface area contributed by atoms with Gasteiger partial charge in [-0.15, -0.1) is 0 Å². The predicted octanol–water partition coefficient (Wildman–Crippen LogP) is 3.58. The number of benzene rings is 2. The summed E-state index contributed by atoms with van der Waals surface area (Å²) in [6, 6.07) is 14.1. The molecule has 4 rings (SSSR count). The van der Waals surface area contributed by atoms with Gasteiger partial charge in [-0.05, 0) is 72.6 Å². The first kappa shape index (κ1) is 26.4. The van der Waals surface area contributed by atoms with E-state index in [1.54, 1.807) is 43.3 Å². The number of carbonyl (C=O) groups excluding carboxylic acids is 3. The molecular weight excluding hydrogens is 513 g/mol. The number of furan rings is 1. The van der Waals surface area contributed by atoms with Crippen LogP contribution in [0.4, 0.5) is 15.8 Å². The molecule has 0 saturated carbocycles. The topological polar surface area (TPSA) is 154 Å². The molecule has 0 aliphatic rings. The van der Waals surface area contributed by atoms with Crippen LogP contribution in [0.1, 0.15) is 43.3 Å². The zero-order valence-electron chi connectivity index (χ0n) is 20.4. The van der Waals surface area contributed by atoms with Gasteiger partial charge in [0.05, 0.1) is 12.8 Å². The first-order chi connectivity index (χ1) is 18.2. The van der Waals surface area contributed by atoms with Gasteiger partial charge in [-0.1, -0.05) is 12.1 Å². The molecule has 0 aliphatic heterocycles. The fraction of sp³-hybridized carbons (Fsp3) is 0.154. The second-order valence-electron chi connectivity index (χ2n) is 8.21. The lowest BCUT2D eigenvalue weighted by Crippen LogP contribution is -2.43. The first-order valence-corrected chi connectivity index (χ1v) is 12.1. The number of anilines is 2. The number of nitrogen functional groups attached to an aromatic ring is 1.